The zero-order chi connectivity index (χ0) is 80.8. The Morgan fingerprint density at radius 1 is 0.357 bits per heavy atom. The lowest BCUT2D eigenvalue weighted by molar-refractivity contribution is -0.146. The fourth-order valence-electron chi connectivity index (χ4n) is 13.3. The molecule has 26 nitrogen and oxygen atoms in total. The van der Waals surface area contributed by atoms with Gasteiger partial charge in [-0.2, -0.15) is 21.0 Å². The van der Waals surface area contributed by atoms with Crippen LogP contribution in [0.25, 0.3) is 43.1 Å². The average molecular weight is 1510 g/mol. The topological polar surface area (TPSA) is 353 Å². The molecular formula is C86H72N8O18. The minimum atomic E-state index is -1.70. The van der Waals surface area contributed by atoms with Crippen molar-refractivity contribution in [2.75, 3.05) is 52.6 Å². The third kappa shape index (κ3) is 15.6. The van der Waals surface area contributed by atoms with E-state index in [0.717, 1.165) is 9.80 Å². The first-order chi connectivity index (χ1) is 53.5. The van der Waals surface area contributed by atoms with Crippen molar-refractivity contribution in [2.24, 2.45) is 11.8 Å². The number of esters is 4. The smallest absolute Gasteiger partial charge is 0.333 e. The molecule has 0 N–H and O–H groups in total. The van der Waals surface area contributed by atoms with Crippen molar-refractivity contribution in [3.05, 3.63) is 214 Å². The fourth-order valence-corrected chi connectivity index (χ4v) is 13.3. The van der Waals surface area contributed by atoms with Crippen LogP contribution in [0.3, 0.4) is 0 Å². The van der Waals surface area contributed by atoms with Gasteiger partial charge in [0, 0.05) is 65.4 Å². The molecule has 9 aromatic carbocycles. The summed E-state index contributed by atoms with van der Waals surface area (Å²) in [5, 5.41) is 41.1. The summed E-state index contributed by atoms with van der Waals surface area (Å²) in [7, 11) is 0. The van der Waals surface area contributed by atoms with Gasteiger partial charge in [-0.3, -0.25) is 38.6 Å². The molecular weight excluding hydrogens is 1430 g/mol. The summed E-state index contributed by atoms with van der Waals surface area (Å²) in [6.07, 6.45) is 0. The summed E-state index contributed by atoms with van der Waals surface area (Å²) in [6.45, 7) is 23.6. The summed E-state index contributed by atoms with van der Waals surface area (Å²) >= 11 is 0. The van der Waals surface area contributed by atoms with Gasteiger partial charge in [0.1, 0.15) is 84.5 Å². The molecule has 2 aliphatic rings. The van der Waals surface area contributed by atoms with Gasteiger partial charge in [0.15, 0.2) is 0 Å². The molecule has 0 fully saturated rings. The van der Waals surface area contributed by atoms with E-state index in [9.17, 15) is 40.2 Å². The van der Waals surface area contributed by atoms with Crippen molar-refractivity contribution in [3.63, 3.8) is 0 Å². The van der Waals surface area contributed by atoms with Crippen molar-refractivity contribution in [3.8, 4) is 70.3 Å². The second-order valence-electron chi connectivity index (χ2n) is 27.3. The van der Waals surface area contributed by atoms with E-state index in [4.69, 9.17) is 37.9 Å². The van der Waals surface area contributed by atoms with Crippen LogP contribution in [0.5, 0.6) is 46.0 Å². The summed E-state index contributed by atoms with van der Waals surface area (Å²) in [5.74, 6) is -11.9. The second kappa shape index (κ2) is 32.9. The normalized spacial score (nSPS) is 12.7. The Balaban J connectivity index is 1.28. The standard InChI is InChI=1S/C86H72N8O18/c1-45(2)75(81(99)91(25-29-105-83(101)47(5)6)26-30-106-84(102)48(7)8)93-77(95)59-37-63(109-55-21-13-17-51(33-55)41-87)69-71-65(111-57-23-15-19-53(35-57)43-89)39-61-68-62(80(98)94(79(61)97)76(46(3)4)82(100)92(27-31-107-85(103)49(9)10)28-32-108-86(104)50(11)12)40-66(112-58-24-16-20-54(36-58)44-90)72(74(68)71)70-64(38-60(78(93)96)67(59)73(69)70)110-56-22-14-18-52(34-56)42-88/h13-24,33-40,45-46,75-76H,5,7,9,11,25-32H2,1-4,6,8,10,12H3. The van der Waals surface area contributed by atoms with Crippen LogP contribution in [0.2, 0.25) is 0 Å². The molecule has 11 rings (SSSR count). The molecule has 0 saturated carbocycles. The van der Waals surface area contributed by atoms with Gasteiger partial charge in [-0.15, -0.1) is 0 Å². The maximum atomic E-state index is 16.5. The van der Waals surface area contributed by atoms with Gasteiger partial charge in [-0.1, -0.05) is 78.3 Å². The number of benzene rings is 9. The molecule has 0 saturated heterocycles. The highest BCUT2D eigenvalue weighted by molar-refractivity contribution is 6.45. The SMILES string of the molecule is C=C(C)C(=O)OCCN(CCOC(=O)C(=C)C)C(=O)C(C(C)C)N1C(=O)c2cc(Oc3cccc(C#N)c3)c3c4c(Oc5cccc(C#N)c5)cc5c6c(cc(Oc7cccc(C#N)c7)c(c7c(Oc8cccc(C#N)c8)cc(c2c37)C1=O)c64)C(=O)N(C(C(=O)N(CCOC(=O)C(=C)C)CCOC(=O)C(=C)C)C(C)C)C5=O. The molecule has 26 heteroatoms. The lowest BCUT2D eigenvalue weighted by Crippen LogP contribution is -2.57. The number of rotatable bonds is 30. The molecule has 112 heavy (non-hydrogen) atoms. The minimum Gasteiger partial charge on any atom is -0.460 e. The number of nitriles is 4. The van der Waals surface area contributed by atoms with Crippen molar-refractivity contribution in [1.82, 2.24) is 19.6 Å². The molecule has 0 bridgehead atoms. The van der Waals surface area contributed by atoms with Crippen molar-refractivity contribution < 1.29 is 85.8 Å². The van der Waals surface area contributed by atoms with Gasteiger partial charge in [0.05, 0.1) is 95.0 Å². The number of hydrogen-bond donors (Lipinski definition) is 0. The number of imide groups is 2. The van der Waals surface area contributed by atoms with Crippen LogP contribution >= 0.6 is 0 Å². The lowest BCUT2D eigenvalue weighted by Gasteiger charge is -2.39. The Labute approximate surface area is 642 Å². The number of carbonyl (C=O) groups is 10. The van der Waals surface area contributed by atoms with Crippen LogP contribution in [0, 0.1) is 57.2 Å². The van der Waals surface area contributed by atoms with Crippen molar-refractivity contribution in [2.45, 2.75) is 67.5 Å². The van der Waals surface area contributed by atoms with Gasteiger partial charge in [-0.25, -0.2) is 19.2 Å². The quantitative estimate of drug-likeness (QED) is 0.0101. The number of hydrogen-bond acceptors (Lipinski definition) is 22. The molecule has 9 aromatic rings. The monoisotopic (exact) mass is 1500 g/mol. The third-order valence-corrected chi connectivity index (χ3v) is 18.4. The van der Waals surface area contributed by atoms with Crippen molar-refractivity contribution >= 4 is 102 Å². The number of ether oxygens (including phenoxy) is 8. The summed E-state index contributed by atoms with van der Waals surface area (Å²) < 4.78 is 49.9. The predicted octanol–water partition coefficient (Wildman–Crippen LogP) is 13.8. The van der Waals surface area contributed by atoms with Crippen molar-refractivity contribution in [1.29, 1.82) is 21.0 Å². The van der Waals surface area contributed by atoms with Gasteiger partial charge in [-0.05, 0) is 137 Å². The van der Waals surface area contributed by atoms with E-state index < -0.39 is 110 Å². The zero-order valence-electron chi connectivity index (χ0n) is 62.3. The van der Waals surface area contributed by atoms with E-state index in [1.54, 1.807) is 27.7 Å². The van der Waals surface area contributed by atoms with Crippen LogP contribution < -0.4 is 18.9 Å². The van der Waals surface area contributed by atoms with E-state index >= 15 is 28.8 Å². The van der Waals surface area contributed by atoms with Gasteiger partial charge in [0.2, 0.25) is 11.8 Å². The average Bonchev–Trinajstić information content (AvgIpc) is 0.670. The second-order valence-corrected chi connectivity index (χ2v) is 27.3. The van der Waals surface area contributed by atoms with Gasteiger partial charge < -0.3 is 47.7 Å². The largest absolute Gasteiger partial charge is 0.460 e. The molecule has 2 aliphatic heterocycles. The molecule has 2 unspecified atom stereocenters. The van der Waals surface area contributed by atoms with E-state index in [-0.39, 0.29) is 182 Å². The van der Waals surface area contributed by atoms with E-state index in [0.29, 0.717) is 0 Å². The first-order valence-electron chi connectivity index (χ1n) is 35.2. The summed E-state index contributed by atoms with van der Waals surface area (Å²) in [4.78, 5) is 152. The van der Waals surface area contributed by atoms with E-state index in [2.05, 4.69) is 50.6 Å². The predicted molar refractivity (Wildman–Crippen MR) is 407 cm³/mol. The van der Waals surface area contributed by atoms with Gasteiger partial charge >= 0.3 is 23.9 Å². The van der Waals surface area contributed by atoms with Crippen LogP contribution in [0.1, 0.15) is 119 Å². The lowest BCUT2D eigenvalue weighted by atomic mass is 9.80. The highest BCUT2D eigenvalue weighted by atomic mass is 16.5. The van der Waals surface area contributed by atoms with Gasteiger partial charge in [0.25, 0.3) is 23.6 Å². The molecule has 6 amide bonds. The first-order valence-corrected chi connectivity index (χ1v) is 35.2. The Morgan fingerprint density at radius 3 is 0.777 bits per heavy atom. The Morgan fingerprint density at radius 2 is 0.580 bits per heavy atom. The molecule has 0 aromatic heterocycles. The van der Waals surface area contributed by atoms with E-state index in [1.807, 2.05) is 0 Å². The molecule has 0 radical (unpaired) electrons. The first kappa shape index (κ1) is 78.6. The summed E-state index contributed by atoms with van der Waals surface area (Å²) in [6, 6.07) is 34.1. The van der Waals surface area contributed by atoms with Crippen LogP contribution in [-0.2, 0) is 47.7 Å². The molecule has 0 aliphatic carbocycles. The molecule has 2 heterocycles. The number of carbonyl (C=O) groups excluding carboxylic acids is 10. The van der Waals surface area contributed by atoms with E-state index in [1.165, 1.54) is 159 Å². The maximum absolute atomic E-state index is 16.5. The number of amides is 6. The number of fused-ring (bicyclic) bond motifs is 2. The Bertz CT molecular complexity index is 5090. The Kier molecular flexibility index (Phi) is 23.1. The highest BCUT2D eigenvalue weighted by Gasteiger charge is 2.49. The fraction of sp³-hybridized carbons (Fsp3) is 0.233. The third-order valence-electron chi connectivity index (χ3n) is 18.4. The Hall–Kier alpha value is -14.5. The van der Waals surface area contributed by atoms with Crippen LogP contribution in [-0.4, -0.2) is 144 Å². The van der Waals surface area contributed by atoms with Crippen LogP contribution in [0.15, 0.2) is 170 Å². The number of nitrogens with zero attached hydrogens (tertiary/aromatic N) is 8. The van der Waals surface area contributed by atoms with Crippen LogP contribution in [0.4, 0.5) is 0 Å². The molecule has 2 atom stereocenters. The summed E-state index contributed by atoms with van der Waals surface area (Å²) in [5.41, 5.74) is -0.469. The zero-order valence-corrected chi connectivity index (χ0v) is 62.3. The highest BCUT2D eigenvalue weighted by Crippen LogP contribution is 2.58. The minimum absolute atomic E-state index is 0.00683. The molecule has 564 valence electrons. The molecule has 0 spiro atoms. The maximum Gasteiger partial charge on any atom is 0.333 e.